The molecule has 0 aliphatic carbocycles. The Morgan fingerprint density at radius 2 is 2.23 bits per heavy atom. The molecule has 2 saturated heterocycles. The third-order valence-corrected chi connectivity index (χ3v) is 3.36. The van der Waals surface area contributed by atoms with Gasteiger partial charge in [0.2, 0.25) is 0 Å². The van der Waals surface area contributed by atoms with E-state index in [1.54, 1.807) is 0 Å². The first-order valence-electron chi connectivity index (χ1n) is 4.88. The van der Waals surface area contributed by atoms with Gasteiger partial charge in [-0.05, 0) is 24.9 Å². The van der Waals surface area contributed by atoms with Crippen molar-refractivity contribution >= 4 is 12.4 Å². The normalized spacial score (nSPS) is 35.5. The predicted octanol–water partition coefficient (Wildman–Crippen LogP) is 0.0507. The molecule has 0 aromatic heterocycles. The van der Waals surface area contributed by atoms with Gasteiger partial charge < -0.3 is 11.1 Å². The van der Waals surface area contributed by atoms with Gasteiger partial charge in [-0.1, -0.05) is 6.92 Å². The van der Waals surface area contributed by atoms with E-state index >= 15 is 0 Å². The highest BCUT2D eigenvalue weighted by atomic mass is 35.5. The van der Waals surface area contributed by atoms with Crippen molar-refractivity contribution in [3.05, 3.63) is 0 Å². The molecule has 3 nitrogen and oxygen atoms in total. The highest BCUT2D eigenvalue weighted by molar-refractivity contribution is 5.85. The predicted molar refractivity (Wildman–Crippen MR) is 57.3 cm³/mol. The Bertz CT molecular complexity index is 172. The third-order valence-electron chi connectivity index (χ3n) is 3.36. The summed E-state index contributed by atoms with van der Waals surface area (Å²) in [5, 5.41) is 3.31. The van der Waals surface area contributed by atoms with Gasteiger partial charge in [-0.2, -0.15) is 0 Å². The molecule has 0 bridgehead atoms. The molecule has 2 fully saturated rings. The molecule has 4 heteroatoms. The third kappa shape index (κ3) is 2.15. The molecular formula is C9H20ClN3. The Kier molecular flexibility index (Phi) is 3.57. The van der Waals surface area contributed by atoms with Gasteiger partial charge in [-0.15, -0.1) is 12.4 Å². The van der Waals surface area contributed by atoms with Crippen LogP contribution < -0.4 is 11.1 Å². The highest BCUT2D eigenvalue weighted by Crippen LogP contribution is 2.30. The second-order valence-corrected chi connectivity index (χ2v) is 4.55. The molecule has 2 rings (SSSR count). The summed E-state index contributed by atoms with van der Waals surface area (Å²) in [7, 11) is 0. The van der Waals surface area contributed by atoms with Crippen LogP contribution in [0.5, 0.6) is 0 Å². The first-order chi connectivity index (χ1) is 5.73. The van der Waals surface area contributed by atoms with Crippen molar-refractivity contribution in [1.82, 2.24) is 10.2 Å². The minimum atomic E-state index is 0. The number of hydrogen-bond acceptors (Lipinski definition) is 3. The van der Waals surface area contributed by atoms with Crippen LogP contribution in [0.15, 0.2) is 0 Å². The van der Waals surface area contributed by atoms with E-state index in [2.05, 4.69) is 17.1 Å². The number of rotatable bonds is 2. The van der Waals surface area contributed by atoms with Gasteiger partial charge in [-0.3, -0.25) is 4.90 Å². The maximum atomic E-state index is 5.75. The zero-order valence-electron chi connectivity index (χ0n) is 8.25. The number of likely N-dealkylation sites (tertiary alicyclic amines) is 1. The SMILES string of the molecule is CC1(CN)CCN(C2CNC2)C1.Cl. The molecule has 1 atom stereocenters. The van der Waals surface area contributed by atoms with Crippen molar-refractivity contribution in [3.63, 3.8) is 0 Å². The molecule has 0 amide bonds. The van der Waals surface area contributed by atoms with Crippen LogP contribution >= 0.6 is 12.4 Å². The maximum absolute atomic E-state index is 5.75. The molecule has 3 N–H and O–H groups in total. The van der Waals surface area contributed by atoms with E-state index in [9.17, 15) is 0 Å². The molecule has 0 aromatic carbocycles. The van der Waals surface area contributed by atoms with Crippen LogP contribution in [0.3, 0.4) is 0 Å². The molecule has 0 radical (unpaired) electrons. The van der Waals surface area contributed by atoms with Gasteiger partial charge in [0.1, 0.15) is 0 Å². The zero-order chi connectivity index (χ0) is 8.60. The summed E-state index contributed by atoms with van der Waals surface area (Å²) < 4.78 is 0. The molecular weight excluding hydrogens is 186 g/mol. The molecule has 0 spiro atoms. The average molecular weight is 206 g/mol. The molecule has 1 unspecified atom stereocenters. The first kappa shape index (κ1) is 11.2. The standard InChI is InChI=1S/C9H19N3.ClH/c1-9(6-10)2-3-12(7-9)8-4-11-5-8;/h8,11H,2-7,10H2,1H3;1H. The van der Waals surface area contributed by atoms with Gasteiger partial charge in [0, 0.05) is 25.7 Å². The summed E-state index contributed by atoms with van der Waals surface area (Å²) in [6, 6.07) is 0.804. The highest BCUT2D eigenvalue weighted by Gasteiger charge is 2.37. The van der Waals surface area contributed by atoms with Crippen LogP contribution in [-0.2, 0) is 0 Å². The smallest absolute Gasteiger partial charge is 0.0345 e. The summed E-state index contributed by atoms with van der Waals surface area (Å²) in [5.41, 5.74) is 6.15. The van der Waals surface area contributed by atoms with Crippen LogP contribution in [0.25, 0.3) is 0 Å². The largest absolute Gasteiger partial charge is 0.330 e. The van der Waals surface area contributed by atoms with Crippen molar-refractivity contribution < 1.29 is 0 Å². The van der Waals surface area contributed by atoms with Crippen LogP contribution in [-0.4, -0.2) is 43.7 Å². The van der Waals surface area contributed by atoms with Crippen molar-refractivity contribution in [1.29, 1.82) is 0 Å². The van der Waals surface area contributed by atoms with Gasteiger partial charge in [0.05, 0.1) is 0 Å². The molecule has 13 heavy (non-hydrogen) atoms. The first-order valence-corrected chi connectivity index (χ1v) is 4.88. The topological polar surface area (TPSA) is 41.3 Å². The van der Waals surface area contributed by atoms with Crippen molar-refractivity contribution in [2.75, 3.05) is 32.7 Å². The van der Waals surface area contributed by atoms with Crippen LogP contribution in [0.1, 0.15) is 13.3 Å². The van der Waals surface area contributed by atoms with E-state index in [4.69, 9.17) is 5.73 Å². The lowest BCUT2D eigenvalue weighted by Gasteiger charge is -2.36. The molecule has 0 saturated carbocycles. The lowest BCUT2D eigenvalue weighted by Crippen LogP contribution is -2.56. The second kappa shape index (κ2) is 4.13. The fourth-order valence-corrected chi connectivity index (χ4v) is 2.07. The zero-order valence-corrected chi connectivity index (χ0v) is 9.07. The van der Waals surface area contributed by atoms with E-state index in [0.717, 1.165) is 12.6 Å². The van der Waals surface area contributed by atoms with Crippen molar-refractivity contribution in [3.8, 4) is 0 Å². The van der Waals surface area contributed by atoms with Crippen LogP contribution in [0.2, 0.25) is 0 Å². The number of nitrogens with zero attached hydrogens (tertiary/aromatic N) is 1. The Hall–Kier alpha value is 0.170. The molecule has 0 aromatic rings. The Morgan fingerprint density at radius 1 is 1.54 bits per heavy atom. The van der Waals surface area contributed by atoms with Crippen LogP contribution in [0.4, 0.5) is 0 Å². The summed E-state index contributed by atoms with van der Waals surface area (Å²) in [6.45, 7) is 7.96. The second-order valence-electron chi connectivity index (χ2n) is 4.55. The number of hydrogen-bond donors (Lipinski definition) is 2. The van der Waals surface area contributed by atoms with Gasteiger partial charge in [0.25, 0.3) is 0 Å². The minimum absolute atomic E-state index is 0. The lowest BCUT2D eigenvalue weighted by molar-refractivity contribution is 0.161. The molecule has 2 heterocycles. The summed E-state index contributed by atoms with van der Waals surface area (Å²) in [5.74, 6) is 0. The van der Waals surface area contributed by atoms with E-state index < -0.39 is 0 Å². The summed E-state index contributed by atoms with van der Waals surface area (Å²) >= 11 is 0. The number of halogens is 1. The monoisotopic (exact) mass is 205 g/mol. The quantitative estimate of drug-likeness (QED) is 0.670. The van der Waals surface area contributed by atoms with Crippen LogP contribution in [0, 0.1) is 5.41 Å². The summed E-state index contributed by atoms with van der Waals surface area (Å²) in [4.78, 5) is 2.59. The Labute approximate surface area is 86.4 Å². The maximum Gasteiger partial charge on any atom is 0.0345 e. The lowest BCUT2D eigenvalue weighted by atomic mass is 9.90. The van der Waals surface area contributed by atoms with E-state index in [1.165, 1.54) is 32.6 Å². The number of nitrogens with one attached hydrogen (secondary N) is 1. The number of nitrogens with two attached hydrogens (primary N) is 1. The fourth-order valence-electron chi connectivity index (χ4n) is 2.07. The molecule has 78 valence electrons. The summed E-state index contributed by atoms with van der Waals surface area (Å²) in [6.07, 6.45) is 1.28. The van der Waals surface area contributed by atoms with Gasteiger partial charge in [0.15, 0.2) is 0 Å². The molecule has 2 aliphatic rings. The van der Waals surface area contributed by atoms with E-state index in [0.29, 0.717) is 5.41 Å². The molecule has 2 aliphatic heterocycles. The van der Waals surface area contributed by atoms with Crippen molar-refractivity contribution in [2.45, 2.75) is 19.4 Å². The van der Waals surface area contributed by atoms with E-state index in [-0.39, 0.29) is 12.4 Å². The van der Waals surface area contributed by atoms with Gasteiger partial charge in [-0.25, -0.2) is 0 Å². The van der Waals surface area contributed by atoms with Gasteiger partial charge >= 0.3 is 0 Å². The average Bonchev–Trinajstić information content (AvgIpc) is 2.31. The fraction of sp³-hybridized carbons (Fsp3) is 1.00. The van der Waals surface area contributed by atoms with Crippen molar-refractivity contribution in [2.24, 2.45) is 11.1 Å². The van der Waals surface area contributed by atoms with E-state index in [1.807, 2.05) is 0 Å². The Balaban J connectivity index is 0.000000845. The Morgan fingerprint density at radius 3 is 2.62 bits per heavy atom. The minimum Gasteiger partial charge on any atom is -0.330 e.